The van der Waals surface area contributed by atoms with Crippen LogP contribution in [0.1, 0.15) is 19.8 Å². The van der Waals surface area contributed by atoms with Gasteiger partial charge in [-0.05, 0) is 44.0 Å². The van der Waals surface area contributed by atoms with E-state index in [1.807, 2.05) is 42.5 Å². The highest BCUT2D eigenvalue weighted by Crippen LogP contribution is 2.08. The van der Waals surface area contributed by atoms with Crippen LogP contribution in [-0.4, -0.2) is 36.8 Å². The van der Waals surface area contributed by atoms with Gasteiger partial charge in [0.15, 0.2) is 5.96 Å². The van der Waals surface area contributed by atoms with Crippen molar-refractivity contribution in [2.75, 3.05) is 26.2 Å². The van der Waals surface area contributed by atoms with Gasteiger partial charge in [0.05, 0.1) is 6.61 Å². The molecule has 0 aliphatic carbocycles. The number of hydrogen-bond acceptors (Lipinski definition) is 2. The van der Waals surface area contributed by atoms with Crippen molar-refractivity contribution in [1.29, 1.82) is 0 Å². The lowest BCUT2D eigenvalue weighted by Gasteiger charge is -2.11. The zero-order valence-corrected chi connectivity index (χ0v) is 14.4. The Morgan fingerprint density at radius 2 is 1.83 bits per heavy atom. The lowest BCUT2D eigenvalue weighted by atomic mass is 10.3. The van der Waals surface area contributed by atoms with Crippen LogP contribution >= 0.6 is 0 Å². The van der Waals surface area contributed by atoms with E-state index in [1.54, 1.807) is 0 Å². The molecule has 0 saturated carbocycles. The van der Waals surface area contributed by atoms with Crippen molar-refractivity contribution in [3.05, 3.63) is 54.9 Å². The minimum Gasteiger partial charge on any atom is -0.494 e. The van der Waals surface area contributed by atoms with Gasteiger partial charge in [0.2, 0.25) is 0 Å². The Labute approximate surface area is 144 Å². The molecule has 0 unspecified atom stereocenters. The van der Waals surface area contributed by atoms with Gasteiger partial charge in [-0.3, -0.25) is 4.99 Å². The van der Waals surface area contributed by atoms with Crippen molar-refractivity contribution in [3.63, 3.8) is 0 Å². The van der Waals surface area contributed by atoms with Crippen LogP contribution in [0.3, 0.4) is 0 Å². The molecule has 5 nitrogen and oxygen atoms in total. The van der Waals surface area contributed by atoms with Crippen LogP contribution in [0.25, 0.3) is 0 Å². The third kappa shape index (κ3) is 7.22. The number of nitrogens with one attached hydrogen (secondary N) is 2. The number of hydrogen-bond donors (Lipinski definition) is 2. The molecule has 5 heteroatoms. The Kier molecular flexibility index (Phi) is 8.33. The summed E-state index contributed by atoms with van der Waals surface area (Å²) in [4.78, 5) is 4.61. The number of guanidine groups is 1. The van der Waals surface area contributed by atoms with Gasteiger partial charge in [-0.25, -0.2) is 0 Å². The van der Waals surface area contributed by atoms with Crippen LogP contribution in [-0.2, 0) is 6.54 Å². The van der Waals surface area contributed by atoms with E-state index >= 15 is 0 Å². The molecule has 1 aromatic carbocycles. The van der Waals surface area contributed by atoms with Crippen LogP contribution in [0.2, 0.25) is 0 Å². The average Bonchev–Trinajstić information content (AvgIpc) is 3.12. The predicted octanol–water partition coefficient (Wildman–Crippen LogP) is 2.90. The van der Waals surface area contributed by atoms with Crippen molar-refractivity contribution < 1.29 is 4.74 Å². The number of nitrogens with zero attached hydrogens (tertiary/aromatic N) is 2. The van der Waals surface area contributed by atoms with E-state index in [4.69, 9.17) is 4.74 Å². The van der Waals surface area contributed by atoms with Crippen LogP contribution in [0.4, 0.5) is 0 Å². The molecule has 130 valence electrons. The summed E-state index contributed by atoms with van der Waals surface area (Å²) in [5.41, 5.74) is 0. The van der Waals surface area contributed by atoms with Crippen molar-refractivity contribution in [1.82, 2.24) is 15.2 Å². The second-order valence-corrected chi connectivity index (χ2v) is 5.48. The van der Waals surface area contributed by atoms with Crippen LogP contribution < -0.4 is 15.4 Å². The molecule has 0 amide bonds. The van der Waals surface area contributed by atoms with Gasteiger partial charge in [-0.15, -0.1) is 0 Å². The van der Waals surface area contributed by atoms with Crippen LogP contribution in [0.5, 0.6) is 5.75 Å². The van der Waals surface area contributed by atoms with Crippen LogP contribution in [0, 0.1) is 0 Å². The summed E-state index contributed by atoms with van der Waals surface area (Å²) in [6, 6.07) is 14.0. The predicted molar refractivity (Wildman–Crippen MR) is 99.6 cm³/mol. The molecule has 2 aromatic rings. The highest BCUT2D eigenvalue weighted by molar-refractivity contribution is 5.79. The smallest absolute Gasteiger partial charge is 0.191 e. The SMILES string of the molecule is CCNC(=NCCCCOc1ccccc1)NCCn1cccc1. The molecule has 24 heavy (non-hydrogen) atoms. The molecule has 0 spiro atoms. The van der Waals surface area contributed by atoms with Crippen molar-refractivity contribution in [3.8, 4) is 5.75 Å². The fourth-order valence-corrected chi connectivity index (χ4v) is 2.28. The summed E-state index contributed by atoms with van der Waals surface area (Å²) in [5, 5.41) is 6.64. The zero-order chi connectivity index (χ0) is 16.9. The summed E-state index contributed by atoms with van der Waals surface area (Å²) in [6.07, 6.45) is 6.15. The third-order valence-electron chi connectivity index (χ3n) is 3.51. The first-order valence-corrected chi connectivity index (χ1v) is 8.69. The first-order chi connectivity index (χ1) is 11.9. The summed E-state index contributed by atoms with van der Waals surface area (Å²) in [6.45, 7) is 6.28. The number of benzene rings is 1. The Morgan fingerprint density at radius 1 is 1.04 bits per heavy atom. The maximum absolute atomic E-state index is 5.68. The van der Waals surface area contributed by atoms with E-state index in [0.717, 1.165) is 57.3 Å². The largest absolute Gasteiger partial charge is 0.494 e. The van der Waals surface area contributed by atoms with Crippen molar-refractivity contribution >= 4 is 5.96 Å². The number of ether oxygens (including phenoxy) is 1. The number of aromatic nitrogens is 1. The first kappa shape index (κ1) is 17.9. The Hall–Kier alpha value is -2.43. The monoisotopic (exact) mass is 328 g/mol. The Bertz CT molecular complexity index is 566. The van der Waals surface area contributed by atoms with E-state index in [-0.39, 0.29) is 0 Å². The maximum atomic E-state index is 5.68. The summed E-state index contributed by atoms with van der Waals surface area (Å²) < 4.78 is 7.83. The van der Waals surface area contributed by atoms with E-state index in [2.05, 4.69) is 39.5 Å². The van der Waals surface area contributed by atoms with Gasteiger partial charge in [-0.1, -0.05) is 18.2 Å². The highest BCUT2D eigenvalue weighted by atomic mass is 16.5. The minimum absolute atomic E-state index is 0.733. The Morgan fingerprint density at radius 3 is 2.58 bits per heavy atom. The average molecular weight is 328 g/mol. The molecule has 0 aliphatic rings. The van der Waals surface area contributed by atoms with E-state index in [9.17, 15) is 0 Å². The summed E-state index contributed by atoms with van der Waals surface area (Å²) >= 11 is 0. The molecular weight excluding hydrogens is 300 g/mol. The van der Waals surface area contributed by atoms with Crippen LogP contribution in [0.15, 0.2) is 59.9 Å². The topological polar surface area (TPSA) is 50.6 Å². The maximum Gasteiger partial charge on any atom is 0.191 e. The number of unbranched alkanes of at least 4 members (excludes halogenated alkanes) is 1. The second kappa shape index (κ2) is 11.2. The van der Waals surface area contributed by atoms with Gasteiger partial charge in [0.1, 0.15) is 5.75 Å². The lowest BCUT2D eigenvalue weighted by Crippen LogP contribution is -2.38. The second-order valence-electron chi connectivity index (χ2n) is 5.48. The van der Waals surface area contributed by atoms with Gasteiger partial charge in [-0.2, -0.15) is 0 Å². The Balaban J connectivity index is 1.59. The summed E-state index contributed by atoms with van der Waals surface area (Å²) in [5.74, 6) is 1.81. The molecule has 0 bridgehead atoms. The van der Waals surface area contributed by atoms with Crippen molar-refractivity contribution in [2.24, 2.45) is 4.99 Å². The highest BCUT2D eigenvalue weighted by Gasteiger charge is 1.97. The number of aliphatic imine (C=N–C) groups is 1. The molecule has 2 N–H and O–H groups in total. The number of para-hydroxylation sites is 1. The minimum atomic E-state index is 0.733. The summed E-state index contributed by atoms with van der Waals surface area (Å²) in [7, 11) is 0. The van der Waals surface area contributed by atoms with E-state index in [0.29, 0.717) is 0 Å². The molecule has 0 saturated heterocycles. The molecule has 1 heterocycles. The molecule has 0 fully saturated rings. The molecule has 0 aliphatic heterocycles. The van der Waals surface area contributed by atoms with E-state index in [1.165, 1.54) is 0 Å². The third-order valence-corrected chi connectivity index (χ3v) is 3.51. The van der Waals surface area contributed by atoms with Gasteiger partial charge >= 0.3 is 0 Å². The first-order valence-electron chi connectivity index (χ1n) is 8.69. The van der Waals surface area contributed by atoms with Gasteiger partial charge in [0, 0.05) is 38.6 Å². The molecule has 0 atom stereocenters. The van der Waals surface area contributed by atoms with Crippen molar-refractivity contribution in [2.45, 2.75) is 26.3 Å². The molecule has 0 radical (unpaired) electrons. The standard InChI is InChI=1S/C19H28N4O/c1-2-20-19(22-13-16-23-14-7-8-15-23)21-12-6-9-17-24-18-10-4-3-5-11-18/h3-5,7-8,10-11,14-15H,2,6,9,12-13,16-17H2,1H3,(H2,20,21,22). The quantitative estimate of drug-likeness (QED) is 0.400. The molecular formula is C19H28N4O. The fraction of sp³-hybridized carbons (Fsp3) is 0.421. The fourth-order valence-electron chi connectivity index (χ4n) is 2.28. The number of rotatable bonds is 10. The van der Waals surface area contributed by atoms with E-state index < -0.39 is 0 Å². The normalized spacial score (nSPS) is 11.3. The van der Waals surface area contributed by atoms with Gasteiger partial charge in [0.25, 0.3) is 0 Å². The lowest BCUT2D eigenvalue weighted by molar-refractivity contribution is 0.308. The molecule has 1 aromatic heterocycles. The zero-order valence-electron chi connectivity index (χ0n) is 14.4. The van der Waals surface area contributed by atoms with Gasteiger partial charge < -0.3 is 19.9 Å². The molecule has 2 rings (SSSR count).